The van der Waals surface area contributed by atoms with Gasteiger partial charge in [0.1, 0.15) is 0 Å². The zero-order chi connectivity index (χ0) is 19.0. The van der Waals surface area contributed by atoms with Crippen molar-refractivity contribution < 1.29 is 9.59 Å². The van der Waals surface area contributed by atoms with E-state index in [4.69, 9.17) is 0 Å². The maximum Gasteiger partial charge on any atom is 0.236 e. The smallest absolute Gasteiger partial charge is 0.236 e. The molecule has 3 fully saturated rings. The average molecular weight is 370 g/mol. The van der Waals surface area contributed by atoms with Crippen LogP contribution in [0.1, 0.15) is 24.1 Å². The standard InChI is InChI=1S/C21H30N4O2/c1-15-5-3-4-6-18(15)21-19-13-23(11-17(19)12-25(21)16(2)26)14-20(27)24-9-7-22-8-10-24/h3-6,17,19,21-22H,7-14H2,1-2H3/t17-,19-,21+/m1/s1. The van der Waals surface area contributed by atoms with E-state index in [0.717, 1.165) is 45.8 Å². The van der Waals surface area contributed by atoms with Crippen LogP contribution in [0.15, 0.2) is 24.3 Å². The van der Waals surface area contributed by atoms with Crippen molar-refractivity contribution in [2.24, 2.45) is 11.8 Å². The highest BCUT2D eigenvalue weighted by molar-refractivity contribution is 5.78. The Bertz CT molecular complexity index is 716. The minimum atomic E-state index is 0.132. The number of benzene rings is 1. The van der Waals surface area contributed by atoms with Crippen LogP contribution in [0.2, 0.25) is 0 Å². The average Bonchev–Trinajstić information content (AvgIpc) is 3.20. The number of hydrogen-bond acceptors (Lipinski definition) is 4. The van der Waals surface area contributed by atoms with E-state index in [9.17, 15) is 9.59 Å². The molecule has 0 unspecified atom stereocenters. The quantitative estimate of drug-likeness (QED) is 0.858. The van der Waals surface area contributed by atoms with Crippen molar-refractivity contribution in [1.29, 1.82) is 0 Å². The number of piperazine rings is 1. The van der Waals surface area contributed by atoms with Crippen LogP contribution >= 0.6 is 0 Å². The maximum atomic E-state index is 12.6. The zero-order valence-corrected chi connectivity index (χ0v) is 16.4. The molecule has 146 valence electrons. The molecule has 3 saturated heterocycles. The minimum absolute atomic E-state index is 0.132. The van der Waals surface area contributed by atoms with Gasteiger partial charge in [0, 0.05) is 58.7 Å². The maximum absolute atomic E-state index is 12.6. The van der Waals surface area contributed by atoms with Crippen molar-refractivity contribution in [1.82, 2.24) is 20.0 Å². The molecular weight excluding hydrogens is 340 g/mol. The predicted octanol–water partition coefficient (Wildman–Crippen LogP) is 0.878. The summed E-state index contributed by atoms with van der Waals surface area (Å²) in [5.74, 6) is 1.26. The molecule has 1 N–H and O–H groups in total. The van der Waals surface area contributed by atoms with E-state index in [0.29, 0.717) is 18.4 Å². The van der Waals surface area contributed by atoms with Crippen LogP contribution in [-0.4, -0.2) is 78.9 Å². The van der Waals surface area contributed by atoms with E-state index in [1.807, 2.05) is 9.80 Å². The van der Waals surface area contributed by atoms with Gasteiger partial charge in [-0.3, -0.25) is 14.5 Å². The molecule has 0 saturated carbocycles. The highest BCUT2D eigenvalue weighted by Crippen LogP contribution is 2.45. The summed E-state index contributed by atoms with van der Waals surface area (Å²) in [7, 11) is 0. The summed E-state index contributed by atoms with van der Waals surface area (Å²) in [6.45, 7) is 10.3. The molecule has 4 rings (SSSR count). The molecule has 6 heteroatoms. The molecule has 3 aliphatic rings. The molecule has 3 aliphatic heterocycles. The van der Waals surface area contributed by atoms with Gasteiger partial charge in [0.05, 0.1) is 12.6 Å². The van der Waals surface area contributed by atoms with Crippen molar-refractivity contribution >= 4 is 11.8 Å². The van der Waals surface area contributed by atoms with Gasteiger partial charge < -0.3 is 15.1 Å². The lowest BCUT2D eigenvalue weighted by molar-refractivity contribution is -0.133. The Morgan fingerprint density at radius 2 is 1.85 bits per heavy atom. The van der Waals surface area contributed by atoms with Crippen molar-refractivity contribution in [3.63, 3.8) is 0 Å². The fourth-order valence-corrected chi connectivity index (χ4v) is 5.11. The molecule has 1 aromatic carbocycles. The minimum Gasteiger partial charge on any atom is -0.339 e. The molecular formula is C21H30N4O2. The van der Waals surface area contributed by atoms with Crippen LogP contribution in [0.25, 0.3) is 0 Å². The lowest BCUT2D eigenvalue weighted by atomic mass is 9.87. The monoisotopic (exact) mass is 370 g/mol. The van der Waals surface area contributed by atoms with Gasteiger partial charge in [-0.2, -0.15) is 0 Å². The second kappa shape index (κ2) is 7.60. The van der Waals surface area contributed by atoms with Crippen molar-refractivity contribution in [2.45, 2.75) is 19.9 Å². The van der Waals surface area contributed by atoms with Gasteiger partial charge in [0.2, 0.25) is 11.8 Å². The summed E-state index contributed by atoms with van der Waals surface area (Å²) in [5.41, 5.74) is 2.50. The molecule has 0 spiro atoms. The number of carbonyl (C=O) groups excluding carboxylic acids is 2. The Labute approximate surface area is 161 Å². The van der Waals surface area contributed by atoms with Gasteiger partial charge in [0.25, 0.3) is 0 Å². The Morgan fingerprint density at radius 1 is 1.11 bits per heavy atom. The SMILES string of the molecule is CC(=O)N1C[C@H]2CN(CC(=O)N3CCNCC3)C[C@H]2[C@@H]1c1ccccc1C. The van der Waals surface area contributed by atoms with Crippen molar-refractivity contribution in [3.05, 3.63) is 35.4 Å². The molecule has 0 aromatic heterocycles. The van der Waals surface area contributed by atoms with Crippen LogP contribution in [0.5, 0.6) is 0 Å². The third kappa shape index (κ3) is 3.60. The van der Waals surface area contributed by atoms with E-state index in [2.05, 4.69) is 41.4 Å². The molecule has 3 atom stereocenters. The molecule has 27 heavy (non-hydrogen) atoms. The van der Waals surface area contributed by atoms with Gasteiger partial charge >= 0.3 is 0 Å². The van der Waals surface area contributed by atoms with E-state index >= 15 is 0 Å². The molecule has 6 nitrogen and oxygen atoms in total. The Hall–Kier alpha value is -1.92. The van der Waals surface area contributed by atoms with Gasteiger partial charge in [-0.1, -0.05) is 24.3 Å². The lowest BCUT2D eigenvalue weighted by Crippen LogP contribution is -2.49. The van der Waals surface area contributed by atoms with Gasteiger partial charge in [-0.15, -0.1) is 0 Å². The van der Waals surface area contributed by atoms with E-state index in [-0.39, 0.29) is 17.9 Å². The second-order valence-electron chi connectivity index (χ2n) is 8.22. The first kappa shape index (κ1) is 18.4. The molecule has 0 aliphatic carbocycles. The van der Waals surface area contributed by atoms with Crippen LogP contribution in [0.3, 0.4) is 0 Å². The third-order valence-electron chi connectivity index (χ3n) is 6.48. The molecule has 2 amide bonds. The molecule has 1 aromatic rings. The largest absolute Gasteiger partial charge is 0.339 e. The van der Waals surface area contributed by atoms with Crippen LogP contribution in [0, 0.1) is 18.8 Å². The lowest BCUT2D eigenvalue weighted by Gasteiger charge is -2.31. The summed E-state index contributed by atoms with van der Waals surface area (Å²) >= 11 is 0. The Kier molecular flexibility index (Phi) is 5.19. The number of rotatable bonds is 3. The first-order valence-electron chi connectivity index (χ1n) is 10.1. The highest BCUT2D eigenvalue weighted by atomic mass is 16.2. The number of likely N-dealkylation sites (tertiary alicyclic amines) is 2. The van der Waals surface area contributed by atoms with Crippen molar-refractivity contribution in [2.75, 3.05) is 52.4 Å². The fraction of sp³-hybridized carbons (Fsp3) is 0.619. The summed E-state index contributed by atoms with van der Waals surface area (Å²) in [5, 5.41) is 3.30. The number of fused-ring (bicyclic) bond motifs is 1. The van der Waals surface area contributed by atoms with Gasteiger partial charge in [0.15, 0.2) is 0 Å². The van der Waals surface area contributed by atoms with Crippen LogP contribution in [-0.2, 0) is 9.59 Å². The second-order valence-corrected chi connectivity index (χ2v) is 8.22. The predicted molar refractivity (Wildman–Crippen MR) is 104 cm³/mol. The number of nitrogens with zero attached hydrogens (tertiary/aromatic N) is 3. The molecule has 0 radical (unpaired) electrons. The van der Waals surface area contributed by atoms with Gasteiger partial charge in [-0.25, -0.2) is 0 Å². The van der Waals surface area contributed by atoms with E-state index in [1.165, 1.54) is 11.1 Å². The summed E-state index contributed by atoms with van der Waals surface area (Å²) < 4.78 is 0. The fourth-order valence-electron chi connectivity index (χ4n) is 5.11. The number of hydrogen-bond donors (Lipinski definition) is 1. The van der Waals surface area contributed by atoms with Crippen molar-refractivity contribution in [3.8, 4) is 0 Å². The third-order valence-corrected chi connectivity index (χ3v) is 6.48. The highest BCUT2D eigenvalue weighted by Gasteiger charge is 2.48. The number of amides is 2. The summed E-state index contributed by atoms with van der Waals surface area (Å²) in [4.78, 5) is 31.3. The Morgan fingerprint density at radius 3 is 2.56 bits per heavy atom. The number of nitrogens with one attached hydrogen (secondary N) is 1. The van der Waals surface area contributed by atoms with Crippen LogP contribution in [0.4, 0.5) is 0 Å². The number of carbonyl (C=O) groups is 2. The first-order valence-corrected chi connectivity index (χ1v) is 10.1. The summed E-state index contributed by atoms with van der Waals surface area (Å²) in [6.07, 6.45) is 0. The molecule has 0 bridgehead atoms. The Balaban J connectivity index is 1.48. The summed E-state index contributed by atoms with van der Waals surface area (Å²) in [6, 6.07) is 8.53. The number of aryl methyl sites for hydroxylation is 1. The normalized spacial score (nSPS) is 28.4. The topological polar surface area (TPSA) is 55.9 Å². The first-order chi connectivity index (χ1) is 13.0. The molecule has 3 heterocycles. The van der Waals surface area contributed by atoms with E-state index < -0.39 is 0 Å². The van der Waals surface area contributed by atoms with E-state index in [1.54, 1.807) is 6.92 Å². The zero-order valence-electron chi connectivity index (χ0n) is 16.4. The van der Waals surface area contributed by atoms with Gasteiger partial charge in [-0.05, 0) is 24.0 Å². The van der Waals surface area contributed by atoms with Crippen LogP contribution < -0.4 is 5.32 Å².